The molecule has 0 bridgehead atoms. The molecule has 0 aliphatic carbocycles. The Balaban J connectivity index is 1.64. The van der Waals surface area contributed by atoms with Crippen LogP contribution in [0.2, 0.25) is 0 Å². The summed E-state index contributed by atoms with van der Waals surface area (Å²) in [7, 11) is 1.57. The molecule has 0 saturated heterocycles. The standard InChI is InChI=1S/C18H17N3O3/c1-12-3-5-13(6-4-12)11-16-20-21-18(24-16)19-17(22)14-7-9-15(23-2)10-8-14/h3-10H,11H2,1-2H3,(H,19,21,22). The van der Waals surface area contributed by atoms with E-state index in [0.717, 1.165) is 5.56 Å². The van der Waals surface area contributed by atoms with Crippen molar-refractivity contribution in [2.75, 3.05) is 12.4 Å². The van der Waals surface area contributed by atoms with Gasteiger partial charge in [0.25, 0.3) is 5.91 Å². The number of ether oxygens (including phenoxy) is 1. The van der Waals surface area contributed by atoms with Gasteiger partial charge >= 0.3 is 6.01 Å². The van der Waals surface area contributed by atoms with Gasteiger partial charge in [0.1, 0.15) is 5.75 Å². The molecule has 0 atom stereocenters. The number of amides is 1. The SMILES string of the molecule is COc1ccc(C(=O)Nc2nnc(Cc3ccc(C)cc3)o2)cc1. The van der Waals surface area contributed by atoms with Crippen LogP contribution in [0.25, 0.3) is 0 Å². The fourth-order valence-electron chi connectivity index (χ4n) is 2.17. The van der Waals surface area contributed by atoms with E-state index in [1.54, 1.807) is 31.4 Å². The maximum absolute atomic E-state index is 12.1. The molecule has 2 aromatic carbocycles. The summed E-state index contributed by atoms with van der Waals surface area (Å²) < 4.78 is 10.5. The van der Waals surface area contributed by atoms with Crippen LogP contribution in [0.5, 0.6) is 5.75 Å². The highest BCUT2D eigenvalue weighted by Crippen LogP contribution is 2.15. The van der Waals surface area contributed by atoms with Crippen molar-refractivity contribution in [2.24, 2.45) is 0 Å². The number of anilines is 1. The van der Waals surface area contributed by atoms with Crippen LogP contribution in [0.15, 0.2) is 52.9 Å². The Kier molecular flexibility index (Phi) is 4.56. The van der Waals surface area contributed by atoms with Crippen molar-refractivity contribution < 1.29 is 13.9 Å². The molecule has 0 aliphatic heterocycles. The number of rotatable bonds is 5. The van der Waals surface area contributed by atoms with Crippen LogP contribution < -0.4 is 10.1 Å². The number of aromatic nitrogens is 2. The van der Waals surface area contributed by atoms with E-state index in [0.29, 0.717) is 23.6 Å². The zero-order chi connectivity index (χ0) is 16.9. The Morgan fingerprint density at radius 2 is 1.79 bits per heavy atom. The molecule has 24 heavy (non-hydrogen) atoms. The predicted octanol–water partition coefficient (Wildman–Crippen LogP) is 3.23. The number of aryl methyl sites for hydroxylation is 1. The first kappa shape index (κ1) is 15.7. The van der Waals surface area contributed by atoms with Gasteiger partial charge in [-0.2, -0.15) is 0 Å². The number of carbonyl (C=O) groups is 1. The topological polar surface area (TPSA) is 77.2 Å². The number of hydrogen-bond acceptors (Lipinski definition) is 5. The number of hydrogen-bond donors (Lipinski definition) is 1. The van der Waals surface area contributed by atoms with Crippen LogP contribution in [-0.2, 0) is 6.42 Å². The molecule has 6 heteroatoms. The van der Waals surface area contributed by atoms with E-state index < -0.39 is 0 Å². The minimum absolute atomic E-state index is 0.0814. The summed E-state index contributed by atoms with van der Waals surface area (Å²) in [5, 5.41) is 10.4. The van der Waals surface area contributed by atoms with Crippen molar-refractivity contribution in [3.05, 3.63) is 71.1 Å². The molecule has 1 amide bonds. The van der Waals surface area contributed by atoms with Crippen molar-refractivity contribution in [1.82, 2.24) is 10.2 Å². The lowest BCUT2D eigenvalue weighted by Crippen LogP contribution is -2.11. The van der Waals surface area contributed by atoms with Gasteiger partial charge in [0, 0.05) is 5.56 Å². The summed E-state index contributed by atoms with van der Waals surface area (Å²) in [5.41, 5.74) is 2.74. The first-order valence-electron chi connectivity index (χ1n) is 7.47. The lowest BCUT2D eigenvalue weighted by molar-refractivity contribution is 0.102. The predicted molar refractivity (Wildman–Crippen MR) is 89.2 cm³/mol. The van der Waals surface area contributed by atoms with E-state index in [1.165, 1.54) is 5.56 Å². The quantitative estimate of drug-likeness (QED) is 0.780. The lowest BCUT2D eigenvalue weighted by Gasteiger charge is -2.02. The Morgan fingerprint density at radius 1 is 1.08 bits per heavy atom. The highest BCUT2D eigenvalue weighted by Gasteiger charge is 2.12. The minimum atomic E-state index is -0.316. The second kappa shape index (κ2) is 6.95. The molecule has 6 nitrogen and oxygen atoms in total. The molecule has 3 rings (SSSR count). The molecule has 0 spiro atoms. The minimum Gasteiger partial charge on any atom is -0.497 e. The zero-order valence-corrected chi connectivity index (χ0v) is 13.4. The number of nitrogens with zero attached hydrogens (tertiary/aromatic N) is 2. The van der Waals surface area contributed by atoms with Crippen molar-refractivity contribution in [1.29, 1.82) is 0 Å². The smallest absolute Gasteiger partial charge is 0.322 e. The fraction of sp³-hybridized carbons (Fsp3) is 0.167. The molecule has 0 aliphatic rings. The van der Waals surface area contributed by atoms with Gasteiger partial charge in [0.2, 0.25) is 5.89 Å². The van der Waals surface area contributed by atoms with Gasteiger partial charge in [-0.1, -0.05) is 34.9 Å². The maximum Gasteiger partial charge on any atom is 0.322 e. The molecule has 0 unspecified atom stereocenters. The average molecular weight is 323 g/mol. The second-order valence-corrected chi connectivity index (χ2v) is 5.35. The van der Waals surface area contributed by atoms with Gasteiger partial charge in [-0.3, -0.25) is 10.1 Å². The molecular weight excluding hydrogens is 306 g/mol. The van der Waals surface area contributed by atoms with Crippen LogP contribution in [0.4, 0.5) is 6.01 Å². The Hall–Kier alpha value is -3.15. The fourth-order valence-corrected chi connectivity index (χ4v) is 2.17. The number of methoxy groups -OCH3 is 1. The second-order valence-electron chi connectivity index (χ2n) is 5.35. The van der Waals surface area contributed by atoms with Crippen LogP contribution in [-0.4, -0.2) is 23.2 Å². The van der Waals surface area contributed by atoms with Crippen molar-refractivity contribution >= 4 is 11.9 Å². The van der Waals surface area contributed by atoms with Crippen molar-refractivity contribution in [3.63, 3.8) is 0 Å². The Bertz CT molecular complexity index is 823. The molecular formula is C18H17N3O3. The third-order valence-corrected chi connectivity index (χ3v) is 3.52. The lowest BCUT2D eigenvalue weighted by atomic mass is 10.1. The molecule has 0 saturated carbocycles. The summed E-state index contributed by atoms with van der Waals surface area (Å²) in [6.07, 6.45) is 0.520. The van der Waals surface area contributed by atoms with Gasteiger partial charge < -0.3 is 9.15 Å². The first-order valence-corrected chi connectivity index (χ1v) is 7.47. The van der Waals surface area contributed by atoms with Crippen LogP contribution in [0.3, 0.4) is 0 Å². The highest BCUT2D eigenvalue weighted by molar-refractivity contribution is 6.03. The van der Waals surface area contributed by atoms with Gasteiger partial charge in [0.15, 0.2) is 0 Å². The first-order chi connectivity index (χ1) is 11.6. The van der Waals surface area contributed by atoms with E-state index in [2.05, 4.69) is 15.5 Å². The third kappa shape index (κ3) is 3.78. The number of carbonyl (C=O) groups excluding carboxylic acids is 1. The summed E-state index contributed by atoms with van der Waals surface area (Å²) >= 11 is 0. The van der Waals surface area contributed by atoms with Gasteiger partial charge in [-0.15, -0.1) is 5.10 Å². The molecule has 1 N–H and O–H groups in total. The maximum atomic E-state index is 12.1. The van der Waals surface area contributed by atoms with E-state index in [4.69, 9.17) is 9.15 Å². The van der Waals surface area contributed by atoms with Crippen LogP contribution in [0.1, 0.15) is 27.4 Å². The normalized spacial score (nSPS) is 10.4. The Morgan fingerprint density at radius 3 is 2.46 bits per heavy atom. The van der Waals surface area contributed by atoms with E-state index in [1.807, 2.05) is 31.2 Å². The molecule has 1 heterocycles. The van der Waals surface area contributed by atoms with Crippen molar-refractivity contribution in [3.8, 4) is 5.75 Å². The molecule has 1 aromatic heterocycles. The van der Waals surface area contributed by atoms with Crippen LogP contribution >= 0.6 is 0 Å². The van der Waals surface area contributed by atoms with Gasteiger partial charge in [0.05, 0.1) is 13.5 Å². The summed E-state index contributed by atoms with van der Waals surface area (Å²) in [6.45, 7) is 2.03. The van der Waals surface area contributed by atoms with Gasteiger partial charge in [-0.25, -0.2) is 0 Å². The van der Waals surface area contributed by atoms with Crippen LogP contribution in [0, 0.1) is 6.92 Å². The highest BCUT2D eigenvalue weighted by atomic mass is 16.5. The summed E-state index contributed by atoms with van der Waals surface area (Å²) in [6, 6.07) is 14.9. The Labute approximate surface area is 139 Å². The third-order valence-electron chi connectivity index (χ3n) is 3.52. The largest absolute Gasteiger partial charge is 0.497 e. The van der Waals surface area contributed by atoms with Gasteiger partial charge in [-0.05, 0) is 36.8 Å². The molecule has 0 fully saturated rings. The monoisotopic (exact) mass is 323 g/mol. The number of nitrogens with one attached hydrogen (secondary N) is 1. The molecule has 3 aromatic rings. The van der Waals surface area contributed by atoms with E-state index >= 15 is 0 Å². The average Bonchev–Trinajstić information content (AvgIpc) is 3.04. The van der Waals surface area contributed by atoms with E-state index in [-0.39, 0.29) is 11.9 Å². The van der Waals surface area contributed by atoms with Crippen molar-refractivity contribution in [2.45, 2.75) is 13.3 Å². The summed E-state index contributed by atoms with van der Waals surface area (Å²) in [4.78, 5) is 12.1. The zero-order valence-electron chi connectivity index (χ0n) is 13.4. The molecule has 122 valence electrons. The van der Waals surface area contributed by atoms with E-state index in [9.17, 15) is 4.79 Å². The number of benzene rings is 2. The molecule has 0 radical (unpaired) electrons. The summed E-state index contributed by atoms with van der Waals surface area (Å²) in [5.74, 6) is 0.816.